The molecule has 4 amide bonds. The van der Waals surface area contributed by atoms with E-state index in [0.29, 0.717) is 79.7 Å². The summed E-state index contributed by atoms with van der Waals surface area (Å²) in [4.78, 5) is 86.6. The summed E-state index contributed by atoms with van der Waals surface area (Å²) in [6.45, 7) is 5.57. The summed E-state index contributed by atoms with van der Waals surface area (Å²) in [5, 5.41) is 9.37. The molecule has 0 saturated carbocycles. The maximum Gasteiger partial charge on any atom is 0.272 e. The monoisotopic (exact) mass is 886 g/mol. The highest BCUT2D eigenvalue weighted by molar-refractivity contribution is 5.95. The van der Waals surface area contributed by atoms with Crippen LogP contribution in [0.4, 0.5) is 4.39 Å². The Kier molecular flexibility index (Phi) is 13.2. The molecule has 3 aromatic carbocycles. The van der Waals surface area contributed by atoms with Crippen molar-refractivity contribution in [1.29, 1.82) is 0 Å². The van der Waals surface area contributed by atoms with Crippen molar-refractivity contribution in [3.63, 3.8) is 0 Å². The van der Waals surface area contributed by atoms with Gasteiger partial charge >= 0.3 is 0 Å². The van der Waals surface area contributed by atoms with Gasteiger partial charge in [-0.25, -0.2) is 9.49 Å². The number of rotatable bonds is 11. The lowest BCUT2D eigenvalue weighted by molar-refractivity contribution is -0.137. The maximum atomic E-state index is 15.0. The van der Waals surface area contributed by atoms with Gasteiger partial charge in [0.05, 0.1) is 35.4 Å². The first-order valence-corrected chi connectivity index (χ1v) is 22.9. The summed E-state index contributed by atoms with van der Waals surface area (Å²) in [5.41, 5.74) is 1.84. The van der Waals surface area contributed by atoms with Crippen LogP contribution in [0.5, 0.6) is 0 Å². The molecule has 340 valence electrons. The molecule has 9 rings (SSSR count). The van der Waals surface area contributed by atoms with Crippen LogP contribution in [0.15, 0.2) is 82.5 Å². The molecular formula is C49H55FN8O7. The van der Waals surface area contributed by atoms with Crippen molar-refractivity contribution in [1.82, 2.24) is 39.3 Å². The Hall–Kier alpha value is -6.26. The largest absolute Gasteiger partial charge is 0.375 e. The highest BCUT2D eigenvalue weighted by atomic mass is 19.1. The van der Waals surface area contributed by atoms with Gasteiger partial charge in [-0.1, -0.05) is 36.4 Å². The van der Waals surface area contributed by atoms with Crippen LogP contribution >= 0.6 is 0 Å². The van der Waals surface area contributed by atoms with E-state index in [1.165, 1.54) is 10.6 Å². The molecule has 4 aliphatic rings. The molecule has 0 radical (unpaired) electrons. The molecule has 0 aliphatic carbocycles. The summed E-state index contributed by atoms with van der Waals surface area (Å²) in [6.07, 6.45) is 7.94. The van der Waals surface area contributed by atoms with Gasteiger partial charge in [-0.05, 0) is 85.4 Å². The number of piperazine rings is 1. The molecule has 0 spiro atoms. The molecule has 1 N–H and O–H groups in total. The summed E-state index contributed by atoms with van der Waals surface area (Å²) < 4.78 is 23.1. The van der Waals surface area contributed by atoms with E-state index in [1.54, 1.807) is 45.2 Å². The highest BCUT2D eigenvalue weighted by Crippen LogP contribution is 2.29. The summed E-state index contributed by atoms with van der Waals surface area (Å²) in [7, 11) is 0. The van der Waals surface area contributed by atoms with Gasteiger partial charge in [-0.2, -0.15) is 5.10 Å². The van der Waals surface area contributed by atoms with E-state index < -0.39 is 11.7 Å². The number of ether oxygens (including phenoxy) is 1. The van der Waals surface area contributed by atoms with Gasteiger partial charge in [0.2, 0.25) is 18.2 Å². The first-order chi connectivity index (χ1) is 31.6. The van der Waals surface area contributed by atoms with Crippen molar-refractivity contribution in [3.05, 3.63) is 122 Å². The smallest absolute Gasteiger partial charge is 0.272 e. The van der Waals surface area contributed by atoms with Gasteiger partial charge in [0.1, 0.15) is 12.4 Å². The number of hydrogen-bond donors (Lipinski definition) is 1. The molecule has 6 heterocycles. The van der Waals surface area contributed by atoms with E-state index in [-0.39, 0.29) is 59.7 Å². The minimum absolute atomic E-state index is 0.00426. The number of carbonyl (C=O) groups excluding carboxylic acids is 4. The first kappa shape index (κ1) is 44.0. The molecule has 2 aromatic heterocycles. The zero-order valence-corrected chi connectivity index (χ0v) is 36.5. The van der Waals surface area contributed by atoms with Crippen molar-refractivity contribution in [2.75, 3.05) is 72.0 Å². The minimum atomic E-state index is -0.615. The van der Waals surface area contributed by atoms with Crippen LogP contribution in [0, 0.1) is 5.82 Å². The van der Waals surface area contributed by atoms with E-state index in [2.05, 4.69) is 15.1 Å². The highest BCUT2D eigenvalue weighted by Gasteiger charge is 2.31. The van der Waals surface area contributed by atoms with Gasteiger partial charge in [-0.15, -0.1) is 0 Å². The van der Waals surface area contributed by atoms with Crippen molar-refractivity contribution in [2.45, 2.75) is 69.6 Å². The number of hydrogen-bond acceptors (Lipinski definition) is 9. The number of nitrogens with zero attached hydrogens (tertiary/aromatic N) is 7. The molecule has 4 aliphatic heterocycles. The number of nitrogens with one attached hydrogen (secondary N) is 1. The SMILES string of the molecule is O=CN1CCCC(c2ccc3ccn(CC(=O)N4CCC(OC5CCN(CC(=O)N6CCN(C(=O)c7cc(Cc8n[nH]c(=O)c9ccccc89)ccc7F)CC6)CC5)CC4)c(=O)c3c2)C1. The molecule has 0 bridgehead atoms. The standard InChI is InChI=1S/C49H55FN8O7/c50-43-10-7-33(27-44-39-5-1-2-6-40(39)47(62)52-51-44)26-42(43)49(64)57-24-22-56(23-25-57)45(60)30-53-17-12-37(13-18-53)65-38-14-20-55(21-15-38)46(61)31-58-19-11-34-8-9-35(28-41(34)48(58)63)36-4-3-16-54(29-36)32-59/h1-2,5-11,19,26,28,32,36-38H,3-4,12-18,20-25,27,29-31H2,(H,52,62). The Morgan fingerprint density at radius 1 is 0.738 bits per heavy atom. The normalized spacial score (nSPS) is 19.2. The third-order valence-corrected chi connectivity index (χ3v) is 13.8. The van der Waals surface area contributed by atoms with Crippen LogP contribution in [0.3, 0.4) is 0 Å². The second-order valence-electron chi connectivity index (χ2n) is 17.9. The number of aromatic amines is 1. The minimum Gasteiger partial charge on any atom is -0.375 e. The number of benzene rings is 3. The fraction of sp³-hybridized carbons (Fsp3) is 0.449. The number of piperidine rings is 3. The van der Waals surface area contributed by atoms with Crippen LogP contribution in [0.2, 0.25) is 0 Å². The number of pyridine rings is 1. The zero-order chi connectivity index (χ0) is 45.0. The molecular weight excluding hydrogens is 832 g/mol. The fourth-order valence-electron chi connectivity index (χ4n) is 9.98. The number of halogens is 1. The predicted molar refractivity (Wildman–Crippen MR) is 242 cm³/mol. The Labute approximate surface area is 375 Å². The first-order valence-electron chi connectivity index (χ1n) is 22.9. The third-order valence-electron chi connectivity index (χ3n) is 13.8. The maximum absolute atomic E-state index is 15.0. The Morgan fingerprint density at radius 3 is 2.18 bits per heavy atom. The van der Waals surface area contributed by atoms with E-state index >= 15 is 4.39 Å². The van der Waals surface area contributed by atoms with Gasteiger partial charge in [0.15, 0.2) is 0 Å². The third kappa shape index (κ3) is 9.88. The van der Waals surface area contributed by atoms with Crippen molar-refractivity contribution in [3.8, 4) is 0 Å². The lowest BCUT2D eigenvalue weighted by Crippen LogP contribution is -2.53. The molecule has 4 fully saturated rings. The van der Waals surface area contributed by atoms with Crippen LogP contribution in [-0.4, -0.2) is 148 Å². The van der Waals surface area contributed by atoms with Crippen LogP contribution in [0.25, 0.3) is 21.5 Å². The average Bonchev–Trinajstić information content (AvgIpc) is 3.34. The lowest BCUT2D eigenvalue weighted by atomic mass is 9.90. The van der Waals surface area contributed by atoms with E-state index in [0.717, 1.165) is 75.5 Å². The second-order valence-corrected chi connectivity index (χ2v) is 17.9. The molecule has 15 nitrogen and oxygen atoms in total. The topological polar surface area (TPSA) is 161 Å². The van der Waals surface area contributed by atoms with Crippen molar-refractivity contribution in [2.24, 2.45) is 0 Å². The number of fused-ring (bicyclic) bond motifs is 2. The van der Waals surface area contributed by atoms with Gasteiger partial charge in [-0.3, -0.25) is 33.7 Å². The van der Waals surface area contributed by atoms with Crippen molar-refractivity contribution < 1.29 is 28.3 Å². The number of aromatic nitrogens is 3. The molecule has 4 saturated heterocycles. The number of H-pyrrole nitrogens is 1. The number of carbonyl (C=O) groups is 4. The fourth-order valence-corrected chi connectivity index (χ4v) is 9.98. The van der Waals surface area contributed by atoms with Crippen molar-refractivity contribution >= 4 is 45.7 Å². The van der Waals surface area contributed by atoms with Crippen LogP contribution in [0.1, 0.15) is 71.6 Å². The predicted octanol–water partition coefficient (Wildman–Crippen LogP) is 3.76. The number of likely N-dealkylation sites (tertiary alicyclic amines) is 3. The lowest BCUT2D eigenvalue weighted by Gasteiger charge is -2.38. The summed E-state index contributed by atoms with van der Waals surface area (Å²) in [5.74, 6) is -0.941. The average molecular weight is 887 g/mol. The van der Waals surface area contributed by atoms with Gasteiger partial charge in [0, 0.05) is 94.8 Å². The van der Waals surface area contributed by atoms with Crippen LogP contribution < -0.4 is 11.1 Å². The van der Waals surface area contributed by atoms with Gasteiger partial charge < -0.3 is 28.9 Å². The molecule has 65 heavy (non-hydrogen) atoms. The van der Waals surface area contributed by atoms with E-state index in [4.69, 9.17) is 4.74 Å². The van der Waals surface area contributed by atoms with Gasteiger partial charge in [0.25, 0.3) is 17.0 Å². The summed E-state index contributed by atoms with van der Waals surface area (Å²) in [6, 6.07) is 19.4. The number of amides is 4. The zero-order valence-electron chi connectivity index (χ0n) is 36.5. The van der Waals surface area contributed by atoms with E-state index in [9.17, 15) is 28.8 Å². The Morgan fingerprint density at radius 2 is 1.43 bits per heavy atom. The Balaban J connectivity index is 0.695. The van der Waals surface area contributed by atoms with Crippen LogP contribution in [-0.2, 0) is 32.1 Å². The quantitative estimate of drug-likeness (QED) is 0.195. The summed E-state index contributed by atoms with van der Waals surface area (Å²) >= 11 is 0. The molecule has 1 atom stereocenters. The second kappa shape index (κ2) is 19.5. The molecule has 1 unspecified atom stereocenters. The Bertz CT molecular complexity index is 2700. The molecule has 5 aromatic rings. The van der Waals surface area contributed by atoms with E-state index in [1.807, 2.05) is 41.3 Å². The molecule has 16 heteroatoms.